The molecule has 26 heavy (non-hydrogen) atoms. The minimum Gasteiger partial charge on any atom is -0.354 e. The highest BCUT2D eigenvalue weighted by atomic mass is 16.2. The second kappa shape index (κ2) is 9.36. The third kappa shape index (κ3) is 5.86. The molecular formula is C20H29N3O3. The molecule has 1 aliphatic heterocycles. The van der Waals surface area contributed by atoms with Crippen LogP contribution in [-0.2, 0) is 14.4 Å². The van der Waals surface area contributed by atoms with Crippen LogP contribution < -0.4 is 15.5 Å². The van der Waals surface area contributed by atoms with Crippen LogP contribution in [0.1, 0.15) is 52.9 Å². The highest BCUT2D eigenvalue weighted by molar-refractivity contribution is 6.10. The van der Waals surface area contributed by atoms with Gasteiger partial charge >= 0.3 is 0 Å². The van der Waals surface area contributed by atoms with Gasteiger partial charge in [0.2, 0.25) is 17.7 Å². The number of carbonyl (C=O) groups is 3. The Morgan fingerprint density at radius 1 is 1.15 bits per heavy atom. The summed E-state index contributed by atoms with van der Waals surface area (Å²) in [5, 5.41) is 5.70. The van der Waals surface area contributed by atoms with Crippen molar-refractivity contribution in [3.63, 3.8) is 0 Å². The van der Waals surface area contributed by atoms with Crippen molar-refractivity contribution >= 4 is 29.1 Å². The number of hydrogen-bond donors (Lipinski definition) is 2. The summed E-state index contributed by atoms with van der Waals surface area (Å²) in [5.41, 5.74) is 1.31. The van der Waals surface area contributed by atoms with Gasteiger partial charge in [0.1, 0.15) is 6.54 Å². The molecule has 2 rings (SSSR count). The highest BCUT2D eigenvalue weighted by Gasteiger charge is 2.26. The molecule has 2 N–H and O–H groups in total. The lowest BCUT2D eigenvalue weighted by Gasteiger charge is -2.29. The van der Waals surface area contributed by atoms with Crippen molar-refractivity contribution in [2.45, 2.75) is 58.9 Å². The molecule has 1 aromatic rings. The van der Waals surface area contributed by atoms with E-state index in [0.29, 0.717) is 17.3 Å². The standard InChI is InChI=1S/C20H29N3O3/c1-14(2)7-6-8-15(3)21-18(24)11-12-20(26)23-13-19(25)22-16-9-4-5-10-17(16)23/h4-5,9-10,14-15H,6-8,11-13H2,1-3H3,(H,21,24)(H,22,25). The third-order valence-corrected chi connectivity index (χ3v) is 4.46. The number of amides is 3. The zero-order valence-electron chi connectivity index (χ0n) is 15.9. The fourth-order valence-electron chi connectivity index (χ4n) is 3.06. The first kappa shape index (κ1) is 19.9. The third-order valence-electron chi connectivity index (χ3n) is 4.46. The van der Waals surface area contributed by atoms with Gasteiger partial charge in [-0.1, -0.05) is 38.8 Å². The summed E-state index contributed by atoms with van der Waals surface area (Å²) in [6.45, 7) is 6.36. The molecule has 1 aromatic carbocycles. The van der Waals surface area contributed by atoms with E-state index in [0.717, 1.165) is 19.3 Å². The first-order valence-corrected chi connectivity index (χ1v) is 9.35. The summed E-state index contributed by atoms with van der Waals surface area (Å²) in [5.74, 6) is 0.112. The molecule has 1 heterocycles. The highest BCUT2D eigenvalue weighted by Crippen LogP contribution is 2.29. The SMILES string of the molecule is CC(C)CCCC(C)NC(=O)CCC(=O)N1CC(=O)Nc2ccccc21. The zero-order chi connectivity index (χ0) is 19.1. The Morgan fingerprint density at radius 3 is 2.62 bits per heavy atom. The van der Waals surface area contributed by atoms with E-state index in [4.69, 9.17) is 0 Å². The van der Waals surface area contributed by atoms with Gasteiger partial charge in [-0.2, -0.15) is 0 Å². The summed E-state index contributed by atoms with van der Waals surface area (Å²) in [6.07, 6.45) is 3.39. The van der Waals surface area contributed by atoms with Crippen LogP contribution in [0.25, 0.3) is 0 Å². The number of para-hydroxylation sites is 2. The van der Waals surface area contributed by atoms with E-state index >= 15 is 0 Å². The van der Waals surface area contributed by atoms with Crippen molar-refractivity contribution in [3.05, 3.63) is 24.3 Å². The predicted molar refractivity (Wildman–Crippen MR) is 103 cm³/mol. The number of hydrogen-bond acceptors (Lipinski definition) is 3. The van der Waals surface area contributed by atoms with Crippen molar-refractivity contribution in [1.82, 2.24) is 5.32 Å². The van der Waals surface area contributed by atoms with Gasteiger partial charge in [0, 0.05) is 18.9 Å². The van der Waals surface area contributed by atoms with Crippen molar-refractivity contribution in [1.29, 1.82) is 0 Å². The van der Waals surface area contributed by atoms with Crippen molar-refractivity contribution in [2.24, 2.45) is 5.92 Å². The molecule has 1 aliphatic rings. The molecule has 6 heteroatoms. The van der Waals surface area contributed by atoms with Crippen molar-refractivity contribution in [3.8, 4) is 0 Å². The predicted octanol–water partition coefficient (Wildman–Crippen LogP) is 3.08. The maximum atomic E-state index is 12.5. The van der Waals surface area contributed by atoms with E-state index in [1.54, 1.807) is 18.2 Å². The fourth-order valence-corrected chi connectivity index (χ4v) is 3.06. The molecule has 3 amide bonds. The second-order valence-electron chi connectivity index (χ2n) is 7.34. The van der Waals surface area contributed by atoms with Gasteiger partial charge in [0.25, 0.3) is 0 Å². The van der Waals surface area contributed by atoms with E-state index in [1.807, 2.05) is 13.0 Å². The lowest BCUT2D eigenvalue weighted by Crippen LogP contribution is -2.42. The van der Waals surface area contributed by atoms with E-state index in [2.05, 4.69) is 24.5 Å². The lowest BCUT2D eigenvalue weighted by molar-refractivity contribution is -0.126. The maximum absolute atomic E-state index is 12.5. The number of benzene rings is 1. The topological polar surface area (TPSA) is 78.5 Å². The first-order valence-electron chi connectivity index (χ1n) is 9.35. The Morgan fingerprint density at radius 2 is 1.88 bits per heavy atom. The molecule has 0 saturated heterocycles. The molecule has 1 unspecified atom stereocenters. The summed E-state index contributed by atoms with van der Waals surface area (Å²) >= 11 is 0. The average molecular weight is 359 g/mol. The van der Waals surface area contributed by atoms with Gasteiger partial charge in [-0.05, 0) is 31.4 Å². The van der Waals surface area contributed by atoms with Crippen molar-refractivity contribution < 1.29 is 14.4 Å². The molecule has 0 aliphatic carbocycles. The smallest absolute Gasteiger partial charge is 0.244 e. The molecule has 0 fully saturated rings. The molecule has 142 valence electrons. The van der Waals surface area contributed by atoms with E-state index in [1.165, 1.54) is 4.90 Å². The lowest BCUT2D eigenvalue weighted by atomic mass is 10.0. The molecule has 0 aromatic heterocycles. The molecular weight excluding hydrogens is 330 g/mol. The van der Waals surface area contributed by atoms with Crippen LogP contribution in [0.5, 0.6) is 0 Å². The number of rotatable bonds is 8. The summed E-state index contributed by atoms with van der Waals surface area (Å²) in [6, 6.07) is 7.29. The second-order valence-corrected chi connectivity index (χ2v) is 7.34. The molecule has 0 spiro atoms. The summed E-state index contributed by atoms with van der Waals surface area (Å²) < 4.78 is 0. The minimum absolute atomic E-state index is 0.0108. The average Bonchev–Trinajstić information content (AvgIpc) is 2.58. The number of carbonyl (C=O) groups excluding carboxylic acids is 3. The zero-order valence-corrected chi connectivity index (χ0v) is 15.9. The van der Waals surface area contributed by atoms with Crippen LogP contribution in [0, 0.1) is 5.92 Å². The summed E-state index contributed by atoms with van der Waals surface area (Å²) in [4.78, 5) is 37.8. The fraction of sp³-hybridized carbons (Fsp3) is 0.550. The van der Waals surface area contributed by atoms with Crippen LogP contribution in [0.3, 0.4) is 0 Å². The number of fused-ring (bicyclic) bond motifs is 1. The normalized spacial score (nSPS) is 14.6. The largest absolute Gasteiger partial charge is 0.354 e. The number of nitrogens with zero attached hydrogens (tertiary/aromatic N) is 1. The van der Waals surface area contributed by atoms with E-state index in [-0.39, 0.29) is 43.1 Å². The van der Waals surface area contributed by atoms with Crippen LogP contribution >= 0.6 is 0 Å². The Hall–Kier alpha value is -2.37. The molecule has 0 saturated carbocycles. The molecule has 0 radical (unpaired) electrons. The van der Waals surface area contributed by atoms with Crippen LogP contribution in [-0.4, -0.2) is 30.3 Å². The van der Waals surface area contributed by atoms with Gasteiger partial charge in [0.15, 0.2) is 0 Å². The summed E-state index contributed by atoms with van der Waals surface area (Å²) in [7, 11) is 0. The quantitative estimate of drug-likeness (QED) is 0.749. The molecule has 6 nitrogen and oxygen atoms in total. The minimum atomic E-state index is -0.222. The van der Waals surface area contributed by atoms with Gasteiger partial charge in [0.05, 0.1) is 11.4 Å². The van der Waals surface area contributed by atoms with E-state index < -0.39 is 0 Å². The maximum Gasteiger partial charge on any atom is 0.244 e. The number of anilines is 2. The van der Waals surface area contributed by atoms with Crippen molar-refractivity contribution in [2.75, 3.05) is 16.8 Å². The molecule has 0 bridgehead atoms. The van der Waals surface area contributed by atoms with E-state index in [9.17, 15) is 14.4 Å². The monoisotopic (exact) mass is 359 g/mol. The van der Waals surface area contributed by atoms with Crippen LogP contribution in [0.15, 0.2) is 24.3 Å². The van der Waals surface area contributed by atoms with Gasteiger partial charge < -0.3 is 15.5 Å². The van der Waals surface area contributed by atoms with Crippen LogP contribution in [0.2, 0.25) is 0 Å². The Bertz CT molecular complexity index is 657. The Kier molecular flexibility index (Phi) is 7.18. The van der Waals surface area contributed by atoms with Gasteiger partial charge in [-0.3, -0.25) is 14.4 Å². The van der Waals surface area contributed by atoms with Gasteiger partial charge in [-0.25, -0.2) is 0 Å². The first-order chi connectivity index (χ1) is 12.4. The van der Waals surface area contributed by atoms with Crippen LogP contribution in [0.4, 0.5) is 11.4 Å². The Labute approximate surface area is 155 Å². The van der Waals surface area contributed by atoms with Gasteiger partial charge in [-0.15, -0.1) is 0 Å². The Balaban J connectivity index is 1.81. The number of nitrogens with one attached hydrogen (secondary N) is 2. The molecule has 1 atom stereocenters.